The van der Waals surface area contributed by atoms with Crippen molar-refractivity contribution in [2.24, 2.45) is 0 Å². The average molecular weight is 318 g/mol. The van der Waals surface area contributed by atoms with Crippen LogP contribution in [0.25, 0.3) is 0 Å². The lowest BCUT2D eigenvalue weighted by atomic mass is 10.2. The Hall–Kier alpha value is -0.940. The standard InChI is InChI=1S/C13H17BrFNO2/c1-9(2)18-7-3-6-16-13(17)10-4-5-11(14)12(15)8-10/h4-5,8-9H,3,6-7H2,1-2H3,(H,16,17). The Kier molecular flexibility index (Phi) is 6.29. The fraction of sp³-hybridized carbons (Fsp3) is 0.462. The van der Waals surface area contributed by atoms with E-state index in [4.69, 9.17) is 4.74 Å². The first-order chi connectivity index (χ1) is 8.50. The number of carbonyl (C=O) groups is 1. The van der Waals surface area contributed by atoms with Crippen LogP contribution in [0.4, 0.5) is 4.39 Å². The van der Waals surface area contributed by atoms with Crippen molar-refractivity contribution in [2.75, 3.05) is 13.2 Å². The van der Waals surface area contributed by atoms with Crippen molar-refractivity contribution in [3.05, 3.63) is 34.1 Å². The van der Waals surface area contributed by atoms with E-state index in [-0.39, 0.29) is 12.0 Å². The highest BCUT2D eigenvalue weighted by Gasteiger charge is 2.07. The maximum Gasteiger partial charge on any atom is 0.251 e. The number of rotatable bonds is 6. The summed E-state index contributed by atoms with van der Waals surface area (Å²) in [6.45, 7) is 5.04. The smallest absolute Gasteiger partial charge is 0.251 e. The summed E-state index contributed by atoms with van der Waals surface area (Å²) in [5, 5.41) is 2.72. The highest BCUT2D eigenvalue weighted by Crippen LogP contribution is 2.16. The number of amides is 1. The Labute approximate surface area is 115 Å². The zero-order chi connectivity index (χ0) is 13.5. The third kappa shape index (κ3) is 5.14. The normalized spacial score (nSPS) is 10.7. The molecule has 5 heteroatoms. The summed E-state index contributed by atoms with van der Waals surface area (Å²) < 4.78 is 18.9. The molecule has 0 saturated heterocycles. The molecule has 0 fully saturated rings. The van der Waals surface area contributed by atoms with Gasteiger partial charge in [-0.05, 0) is 54.4 Å². The molecule has 1 rings (SSSR count). The first-order valence-corrected chi connectivity index (χ1v) is 6.65. The zero-order valence-electron chi connectivity index (χ0n) is 10.5. The van der Waals surface area contributed by atoms with Crippen LogP contribution in [0.1, 0.15) is 30.6 Å². The predicted molar refractivity (Wildman–Crippen MR) is 72.1 cm³/mol. The van der Waals surface area contributed by atoms with Gasteiger partial charge in [-0.2, -0.15) is 0 Å². The van der Waals surface area contributed by atoms with Crippen LogP contribution in [-0.2, 0) is 4.74 Å². The minimum atomic E-state index is -0.439. The molecule has 0 heterocycles. The Balaban J connectivity index is 2.34. The van der Waals surface area contributed by atoms with Gasteiger partial charge in [-0.15, -0.1) is 0 Å². The zero-order valence-corrected chi connectivity index (χ0v) is 12.1. The van der Waals surface area contributed by atoms with Crippen LogP contribution in [0.3, 0.4) is 0 Å². The van der Waals surface area contributed by atoms with E-state index in [1.54, 1.807) is 6.07 Å². The maximum absolute atomic E-state index is 13.2. The summed E-state index contributed by atoms with van der Waals surface area (Å²) in [4.78, 5) is 11.7. The van der Waals surface area contributed by atoms with Crippen molar-refractivity contribution in [3.63, 3.8) is 0 Å². The van der Waals surface area contributed by atoms with Crippen molar-refractivity contribution in [2.45, 2.75) is 26.4 Å². The van der Waals surface area contributed by atoms with Crippen molar-refractivity contribution in [1.29, 1.82) is 0 Å². The number of benzene rings is 1. The van der Waals surface area contributed by atoms with E-state index < -0.39 is 5.82 Å². The number of hydrogen-bond acceptors (Lipinski definition) is 2. The van der Waals surface area contributed by atoms with Gasteiger partial charge >= 0.3 is 0 Å². The largest absolute Gasteiger partial charge is 0.379 e. The molecule has 0 bridgehead atoms. The second kappa shape index (κ2) is 7.48. The van der Waals surface area contributed by atoms with E-state index in [0.717, 1.165) is 6.42 Å². The second-order valence-corrected chi connectivity index (χ2v) is 5.01. The van der Waals surface area contributed by atoms with Gasteiger partial charge in [-0.1, -0.05) is 0 Å². The molecule has 1 amide bonds. The van der Waals surface area contributed by atoms with Gasteiger partial charge in [-0.3, -0.25) is 4.79 Å². The Morgan fingerprint density at radius 1 is 1.50 bits per heavy atom. The number of nitrogens with one attached hydrogen (secondary N) is 1. The van der Waals surface area contributed by atoms with Crippen LogP contribution in [0, 0.1) is 5.82 Å². The summed E-state index contributed by atoms with van der Waals surface area (Å²) in [5.41, 5.74) is 0.320. The minimum absolute atomic E-state index is 0.196. The molecule has 0 radical (unpaired) electrons. The van der Waals surface area contributed by atoms with Crippen molar-refractivity contribution in [3.8, 4) is 0 Å². The van der Waals surface area contributed by atoms with E-state index in [1.165, 1.54) is 12.1 Å². The van der Waals surface area contributed by atoms with Gasteiger partial charge in [0.15, 0.2) is 0 Å². The first kappa shape index (κ1) is 15.1. The molecule has 0 aliphatic heterocycles. The molecule has 0 aliphatic carbocycles. The van der Waals surface area contributed by atoms with Gasteiger partial charge < -0.3 is 10.1 Å². The number of halogens is 2. The minimum Gasteiger partial charge on any atom is -0.379 e. The fourth-order valence-corrected chi connectivity index (χ4v) is 1.58. The predicted octanol–water partition coefficient (Wildman–Crippen LogP) is 3.13. The third-order valence-corrected chi connectivity index (χ3v) is 2.88. The summed E-state index contributed by atoms with van der Waals surface area (Å²) in [7, 11) is 0. The molecule has 0 saturated carbocycles. The molecule has 1 aromatic carbocycles. The van der Waals surface area contributed by atoms with E-state index in [2.05, 4.69) is 21.2 Å². The molecule has 1 N–H and O–H groups in total. The van der Waals surface area contributed by atoms with Gasteiger partial charge in [0, 0.05) is 18.7 Å². The van der Waals surface area contributed by atoms with E-state index in [9.17, 15) is 9.18 Å². The molecule has 0 aromatic heterocycles. The highest BCUT2D eigenvalue weighted by atomic mass is 79.9. The van der Waals surface area contributed by atoms with Crippen molar-refractivity contribution >= 4 is 21.8 Å². The molecule has 3 nitrogen and oxygen atoms in total. The van der Waals surface area contributed by atoms with Crippen LogP contribution in [0.2, 0.25) is 0 Å². The van der Waals surface area contributed by atoms with Crippen LogP contribution in [0.5, 0.6) is 0 Å². The summed E-state index contributed by atoms with van der Waals surface area (Å²) >= 11 is 3.04. The SMILES string of the molecule is CC(C)OCCCNC(=O)c1ccc(Br)c(F)c1. The summed E-state index contributed by atoms with van der Waals surface area (Å²) in [6.07, 6.45) is 0.935. The summed E-state index contributed by atoms with van der Waals surface area (Å²) in [5.74, 6) is -0.711. The first-order valence-electron chi connectivity index (χ1n) is 5.85. The quantitative estimate of drug-likeness (QED) is 0.819. The van der Waals surface area contributed by atoms with Crippen LogP contribution in [0.15, 0.2) is 22.7 Å². The van der Waals surface area contributed by atoms with Crippen LogP contribution >= 0.6 is 15.9 Å². The van der Waals surface area contributed by atoms with Gasteiger partial charge in [0.2, 0.25) is 0 Å². The van der Waals surface area contributed by atoms with Gasteiger partial charge in [0.05, 0.1) is 10.6 Å². The Morgan fingerprint density at radius 3 is 2.83 bits per heavy atom. The van der Waals surface area contributed by atoms with Gasteiger partial charge in [-0.25, -0.2) is 4.39 Å². The average Bonchev–Trinajstić information content (AvgIpc) is 2.31. The van der Waals surface area contributed by atoms with Crippen LogP contribution < -0.4 is 5.32 Å². The monoisotopic (exact) mass is 317 g/mol. The molecular formula is C13H17BrFNO2. The van der Waals surface area contributed by atoms with Crippen LogP contribution in [-0.4, -0.2) is 25.2 Å². The molecule has 0 aliphatic rings. The Morgan fingerprint density at radius 2 is 2.22 bits per heavy atom. The van der Waals surface area contributed by atoms with Crippen molar-refractivity contribution < 1.29 is 13.9 Å². The number of carbonyl (C=O) groups excluding carboxylic acids is 1. The topological polar surface area (TPSA) is 38.3 Å². The Bertz CT molecular complexity index is 410. The molecular weight excluding hydrogens is 301 g/mol. The lowest BCUT2D eigenvalue weighted by Crippen LogP contribution is -2.25. The fourth-order valence-electron chi connectivity index (χ4n) is 1.33. The van der Waals surface area contributed by atoms with Gasteiger partial charge in [0.25, 0.3) is 5.91 Å². The van der Waals surface area contributed by atoms with Crippen molar-refractivity contribution in [1.82, 2.24) is 5.32 Å². The van der Waals surface area contributed by atoms with E-state index >= 15 is 0 Å². The third-order valence-electron chi connectivity index (χ3n) is 2.24. The highest BCUT2D eigenvalue weighted by molar-refractivity contribution is 9.10. The second-order valence-electron chi connectivity index (χ2n) is 4.16. The molecule has 100 valence electrons. The van der Waals surface area contributed by atoms with E-state index in [1.807, 2.05) is 13.8 Å². The molecule has 0 spiro atoms. The molecule has 0 unspecified atom stereocenters. The molecule has 18 heavy (non-hydrogen) atoms. The number of ether oxygens (including phenoxy) is 1. The molecule has 1 aromatic rings. The number of hydrogen-bond donors (Lipinski definition) is 1. The van der Waals surface area contributed by atoms with Gasteiger partial charge in [0.1, 0.15) is 5.82 Å². The maximum atomic E-state index is 13.2. The van der Waals surface area contributed by atoms with E-state index in [0.29, 0.717) is 23.2 Å². The lowest BCUT2D eigenvalue weighted by Gasteiger charge is -2.08. The summed E-state index contributed by atoms with van der Waals surface area (Å²) in [6, 6.07) is 4.31. The molecule has 0 atom stereocenters. The lowest BCUT2D eigenvalue weighted by molar-refractivity contribution is 0.0757.